The highest BCUT2D eigenvalue weighted by molar-refractivity contribution is 5.87. The number of fused-ring (bicyclic) bond motifs is 1. The molecule has 0 aliphatic heterocycles. The molecule has 0 amide bonds. The fraction of sp³-hybridized carbons (Fsp3) is 0.333. The summed E-state index contributed by atoms with van der Waals surface area (Å²) in [6, 6.07) is 9.52. The van der Waals surface area contributed by atoms with Crippen molar-refractivity contribution in [2.75, 3.05) is 0 Å². The summed E-state index contributed by atoms with van der Waals surface area (Å²) in [7, 11) is 0. The lowest BCUT2D eigenvalue weighted by Gasteiger charge is -2.14. The van der Waals surface area contributed by atoms with Crippen molar-refractivity contribution in [2.24, 2.45) is 5.92 Å². The number of aromatic nitrogens is 3. The lowest BCUT2D eigenvalue weighted by atomic mass is 9.97. The molecule has 1 aliphatic rings. The van der Waals surface area contributed by atoms with Gasteiger partial charge in [-0.2, -0.15) is 13.2 Å². The smallest absolute Gasteiger partial charge is 0.392 e. The standard InChI is InChI=1S/C18H16F3N3O/c19-18(20,21)16-14(13-5-3-12(10-25)4-6-13)7-8-15-17(16)22-23-24(15)9-11-1-2-11/h3-8,11,25H,1-2,9-10H2. The van der Waals surface area contributed by atoms with Gasteiger partial charge >= 0.3 is 6.18 Å². The Hall–Kier alpha value is -2.41. The van der Waals surface area contributed by atoms with Crippen molar-refractivity contribution in [2.45, 2.75) is 32.2 Å². The molecule has 1 aliphatic carbocycles. The molecule has 0 spiro atoms. The number of aliphatic hydroxyl groups is 1. The molecule has 0 bridgehead atoms. The number of benzene rings is 2. The molecule has 0 atom stereocenters. The van der Waals surface area contributed by atoms with Crippen molar-refractivity contribution < 1.29 is 18.3 Å². The highest BCUT2D eigenvalue weighted by Crippen LogP contribution is 2.41. The van der Waals surface area contributed by atoms with Gasteiger partial charge in [0, 0.05) is 6.54 Å². The first-order chi connectivity index (χ1) is 12.0. The van der Waals surface area contributed by atoms with Crippen LogP contribution in [0.4, 0.5) is 13.2 Å². The highest BCUT2D eigenvalue weighted by Gasteiger charge is 2.38. The normalized spacial score (nSPS) is 15.0. The second-order valence-electron chi connectivity index (χ2n) is 6.42. The second-order valence-corrected chi connectivity index (χ2v) is 6.42. The van der Waals surface area contributed by atoms with Crippen LogP contribution in [0.3, 0.4) is 0 Å². The Balaban J connectivity index is 1.88. The molecule has 1 saturated carbocycles. The Bertz CT molecular complexity index is 912. The molecule has 1 fully saturated rings. The third kappa shape index (κ3) is 3.00. The minimum Gasteiger partial charge on any atom is -0.392 e. The maximum absolute atomic E-state index is 13.8. The van der Waals surface area contributed by atoms with Gasteiger partial charge in [0.15, 0.2) is 0 Å². The molecular weight excluding hydrogens is 331 g/mol. The molecular formula is C18H16F3N3O. The van der Waals surface area contributed by atoms with E-state index in [4.69, 9.17) is 5.11 Å². The van der Waals surface area contributed by atoms with Crippen molar-refractivity contribution in [1.29, 1.82) is 0 Å². The lowest BCUT2D eigenvalue weighted by Crippen LogP contribution is -2.09. The number of alkyl halides is 3. The van der Waals surface area contributed by atoms with Crippen molar-refractivity contribution >= 4 is 11.0 Å². The Morgan fingerprint density at radius 3 is 2.40 bits per heavy atom. The van der Waals surface area contributed by atoms with E-state index in [0.717, 1.165) is 12.8 Å². The summed E-state index contributed by atoms with van der Waals surface area (Å²) in [6.45, 7) is 0.458. The molecule has 1 heterocycles. The molecule has 7 heteroatoms. The Morgan fingerprint density at radius 1 is 1.08 bits per heavy atom. The molecule has 1 aromatic heterocycles. The fourth-order valence-corrected chi connectivity index (χ4v) is 3.03. The summed E-state index contributed by atoms with van der Waals surface area (Å²) in [4.78, 5) is 0. The van der Waals surface area contributed by atoms with Crippen molar-refractivity contribution in [1.82, 2.24) is 15.0 Å². The number of hydrogen-bond donors (Lipinski definition) is 1. The minimum absolute atomic E-state index is 0.0722. The third-order valence-corrected chi connectivity index (χ3v) is 4.55. The summed E-state index contributed by atoms with van der Waals surface area (Å²) < 4.78 is 42.9. The van der Waals surface area contributed by atoms with Gasteiger partial charge in [0.2, 0.25) is 0 Å². The van der Waals surface area contributed by atoms with Gasteiger partial charge in [-0.15, -0.1) is 5.10 Å². The quantitative estimate of drug-likeness (QED) is 0.775. The summed E-state index contributed by atoms with van der Waals surface area (Å²) in [5, 5.41) is 16.9. The summed E-state index contributed by atoms with van der Waals surface area (Å²) >= 11 is 0. The zero-order chi connectivity index (χ0) is 17.6. The second kappa shape index (κ2) is 5.84. The van der Waals surface area contributed by atoms with Gasteiger partial charge in [-0.3, -0.25) is 0 Å². The number of aliphatic hydroxyl groups excluding tert-OH is 1. The van der Waals surface area contributed by atoms with Crippen molar-refractivity contribution in [3.8, 4) is 11.1 Å². The van der Waals surface area contributed by atoms with Crippen molar-refractivity contribution in [3.05, 3.63) is 47.5 Å². The van der Waals surface area contributed by atoms with Gasteiger partial charge in [-0.25, -0.2) is 4.68 Å². The Labute approximate surface area is 141 Å². The molecule has 4 rings (SSSR count). The van der Waals surface area contributed by atoms with Crippen LogP contribution in [0, 0.1) is 5.92 Å². The van der Waals surface area contributed by atoms with Crippen LogP contribution < -0.4 is 0 Å². The van der Waals surface area contributed by atoms with Gasteiger partial charge in [-0.05, 0) is 41.5 Å². The SMILES string of the molecule is OCc1ccc(-c2ccc3c(nnn3CC3CC3)c2C(F)(F)F)cc1. The summed E-state index contributed by atoms with van der Waals surface area (Å²) in [6.07, 6.45) is -2.36. The summed E-state index contributed by atoms with van der Waals surface area (Å²) in [5.41, 5.74) is 0.690. The average Bonchev–Trinajstić information content (AvgIpc) is 3.32. The number of nitrogens with zero attached hydrogens (tertiary/aromatic N) is 3. The Kier molecular flexibility index (Phi) is 3.76. The predicted molar refractivity (Wildman–Crippen MR) is 86.6 cm³/mol. The minimum atomic E-state index is -4.54. The van der Waals surface area contributed by atoms with Gasteiger partial charge in [0.25, 0.3) is 0 Å². The molecule has 1 N–H and O–H groups in total. The van der Waals surface area contributed by atoms with E-state index in [0.29, 0.717) is 29.1 Å². The van der Waals surface area contributed by atoms with E-state index < -0.39 is 11.7 Å². The van der Waals surface area contributed by atoms with Crippen LogP contribution >= 0.6 is 0 Å². The van der Waals surface area contributed by atoms with E-state index in [1.165, 1.54) is 6.07 Å². The average molecular weight is 347 g/mol. The highest BCUT2D eigenvalue weighted by atomic mass is 19.4. The first-order valence-electron chi connectivity index (χ1n) is 8.11. The number of halogens is 3. The van der Waals surface area contributed by atoms with E-state index in [2.05, 4.69) is 10.3 Å². The fourth-order valence-electron chi connectivity index (χ4n) is 3.03. The summed E-state index contributed by atoms with van der Waals surface area (Å²) in [5.74, 6) is 0.491. The van der Waals surface area contributed by atoms with Crippen LogP contribution in [0.1, 0.15) is 24.0 Å². The molecule has 0 unspecified atom stereocenters. The van der Waals surface area contributed by atoms with E-state index in [9.17, 15) is 13.2 Å². The van der Waals surface area contributed by atoms with Gasteiger partial charge in [-0.1, -0.05) is 35.5 Å². The number of rotatable bonds is 4. The zero-order valence-electron chi connectivity index (χ0n) is 13.3. The molecule has 2 aromatic carbocycles. The van der Waals surface area contributed by atoms with E-state index in [-0.39, 0.29) is 17.7 Å². The zero-order valence-corrected chi connectivity index (χ0v) is 13.3. The van der Waals surface area contributed by atoms with Gasteiger partial charge < -0.3 is 5.11 Å². The van der Waals surface area contributed by atoms with Crippen LogP contribution in [-0.2, 0) is 19.3 Å². The van der Waals surface area contributed by atoms with Gasteiger partial charge in [0.1, 0.15) is 5.52 Å². The molecule has 130 valence electrons. The van der Waals surface area contributed by atoms with Crippen LogP contribution in [-0.4, -0.2) is 20.1 Å². The largest absolute Gasteiger partial charge is 0.419 e. The Morgan fingerprint density at radius 2 is 1.80 bits per heavy atom. The van der Waals surface area contributed by atoms with Crippen LogP contribution in [0.5, 0.6) is 0 Å². The lowest BCUT2D eigenvalue weighted by molar-refractivity contribution is -0.135. The molecule has 25 heavy (non-hydrogen) atoms. The molecule has 4 nitrogen and oxygen atoms in total. The van der Waals surface area contributed by atoms with E-state index in [1.54, 1.807) is 35.0 Å². The van der Waals surface area contributed by atoms with Crippen molar-refractivity contribution in [3.63, 3.8) is 0 Å². The van der Waals surface area contributed by atoms with E-state index in [1.807, 2.05) is 0 Å². The monoisotopic (exact) mass is 347 g/mol. The maximum Gasteiger partial charge on any atom is 0.419 e. The first-order valence-corrected chi connectivity index (χ1v) is 8.11. The van der Waals surface area contributed by atoms with E-state index >= 15 is 0 Å². The molecule has 3 aromatic rings. The van der Waals surface area contributed by atoms with Crippen LogP contribution in [0.25, 0.3) is 22.2 Å². The predicted octanol–water partition coefficient (Wildman–Crippen LogP) is 4.02. The maximum atomic E-state index is 13.8. The van der Waals surface area contributed by atoms with Gasteiger partial charge in [0.05, 0.1) is 17.7 Å². The number of hydrogen-bond acceptors (Lipinski definition) is 3. The third-order valence-electron chi connectivity index (χ3n) is 4.55. The van der Waals surface area contributed by atoms with Crippen LogP contribution in [0.2, 0.25) is 0 Å². The molecule has 0 radical (unpaired) electrons. The van der Waals surface area contributed by atoms with Crippen LogP contribution in [0.15, 0.2) is 36.4 Å². The topological polar surface area (TPSA) is 50.9 Å². The molecule has 0 saturated heterocycles. The first kappa shape index (κ1) is 16.1.